The first-order valence-electron chi connectivity index (χ1n) is 3.57. The lowest BCUT2D eigenvalue weighted by Gasteiger charge is -2.11. The fraction of sp³-hybridized carbons (Fsp3) is 0.167. The number of rotatable bonds is 2. The van der Waals surface area contributed by atoms with Crippen molar-refractivity contribution in [1.29, 1.82) is 0 Å². The topological polar surface area (TPSA) is 56.3 Å². The molecule has 0 atom stereocenters. The molecule has 0 aromatic carbocycles. The fourth-order valence-electron chi connectivity index (χ4n) is 0.837. The lowest BCUT2D eigenvalue weighted by atomic mass is 10.4. The summed E-state index contributed by atoms with van der Waals surface area (Å²) in [5.41, 5.74) is 0. The normalized spacial score (nSPS) is 12.6. The molecule has 11 heteroatoms. The molecular formula is C6HCl2F4NO3S. The van der Waals surface area contributed by atoms with Crippen molar-refractivity contribution < 1.29 is 30.7 Å². The summed E-state index contributed by atoms with van der Waals surface area (Å²) in [4.78, 5) is 1.38. The monoisotopic (exact) mass is 313 g/mol. The minimum Gasteiger partial charge on any atom is -0.402 e. The summed E-state index contributed by atoms with van der Waals surface area (Å²) in [6.45, 7) is 0. The number of alkyl halides is 3. The molecule has 0 bridgehead atoms. The van der Waals surface area contributed by atoms with E-state index in [1.165, 1.54) is 0 Å². The molecule has 4 nitrogen and oxygen atoms in total. The molecule has 96 valence electrons. The van der Waals surface area contributed by atoms with Crippen LogP contribution >= 0.6 is 22.3 Å². The average molecular weight is 314 g/mol. The number of aromatic nitrogens is 1. The van der Waals surface area contributed by atoms with Crippen LogP contribution in [0.3, 0.4) is 0 Å². The van der Waals surface area contributed by atoms with Crippen molar-refractivity contribution in [3.8, 4) is 5.75 Å². The Morgan fingerprint density at radius 1 is 1.35 bits per heavy atom. The molecule has 0 saturated heterocycles. The number of hydrogen-bond acceptors (Lipinski definition) is 4. The van der Waals surface area contributed by atoms with Gasteiger partial charge in [-0.2, -0.15) is 4.39 Å². The Morgan fingerprint density at radius 2 is 1.88 bits per heavy atom. The van der Waals surface area contributed by atoms with Gasteiger partial charge in [-0.3, -0.25) is 0 Å². The molecule has 1 heterocycles. The van der Waals surface area contributed by atoms with E-state index in [0.717, 1.165) is 0 Å². The van der Waals surface area contributed by atoms with E-state index in [-0.39, 0.29) is 6.20 Å². The van der Waals surface area contributed by atoms with Crippen molar-refractivity contribution >= 4 is 31.3 Å². The third-order valence-corrected chi connectivity index (χ3v) is 3.18. The number of nitrogens with zero attached hydrogens (tertiary/aromatic N) is 1. The minimum absolute atomic E-state index is 0.288. The summed E-state index contributed by atoms with van der Waals surface area (Å²) in [7, 11) is 0.0965. The zero-order valence-electron chi connectivity index (χ0n) is 7.43. The van der Waals surface area contributed by atoms with Gasteiger partial charge < -0.3 is 4.74 Å². The van der Waals surface area contributed by atoms with Gasteiger partial charge in [-0.05, 0) is 0 Å². The molecule has 1 rings (SSSR count). The SMILES string of the molecule is O=S(=O)(Cl)c1c(F)ncc(OC(F)(F)F)c1Cl. The molecule has 0 aliphatic carbocycles. The van der Waals surface area contributed by atoms with E-state index < -0.39 is 37.0 Å². The van der Waals surface area contributed by atoms with E-state index in [4.69, 9.17) is 22.3 Å². The molecule has 0 aliphatic heterocycles. The number of halogens is 6. The van der Waals surface area contributed by atoms with Crippen LogP contribution in [0.1, 0.15) is 0 Å². The highest BCUT2D eigenvalue weighted by molar-refractivity contribution is 8.13. The Bertz CT molecular complexity index is 545. The second-order valence-corrected chi connectivity index (χ2v) is 5.42. The van der Waals surface area contributed by atoms with Crippen LogP contribution in [0.15, 0.2) is 11.1 Å². The highest BCUT2D eigenvalue weighted by Crippen LogP contribution is 2.36. The lowest BCUT2D eigenvalue weighted by Crippen LogP contribution is -2.18. The van der Waals surface area contributed by atoms with Gasteiger partial charge in [0.15, 0.2) is 10.6 Å². The second-order valence-electron chi connectivity index (χ2n) is 2.54. The van der Waals surface area contributed by atoms with Gasteiger partial charge in [0.2, 0.25) is 5.95 Å². The Kier molecular flexibility index (Phi) is 3.75. The van der Waals surface area contributed by atoms with Gasteiger partial charge in [-0.1, -0.05) is 11.6 Å². The van der Waals surface area contributed by atoms with Gasteiger partial charge >= 0.3 is 6.36 Å². The van der Waals surface area contributed by atoms with Gasteiger partial charge in [-0.15, -0.1) is 13.2 Å². The van der Waals surface area contributed by atoms with E-state index in [9.17, 15) is 26.0 Å². The number of hydrogen-bond donors (Lipinski definition) is 0. The standard InChI is InChI=1S/C6HCl2F4NO3S/c7-3-2(16-6(10,11)12)1-13-5(9)4(3)17(8,14)15/h1H. The molecule has 1 aromatic heterocycles. The maximum Gasteiger partial charge on any atom is 0.573 e. The third-order valence-electron chi connectivity index (χ3n) is 1.37. The molecule has 0 saturated carbocycles. The quantitative estimate of drug-likeness (QED) is 0.478. The molecule has 1 aromatic rings. The van der Waals surface area contributed by atoms with Gasteiger partial charge in [0, 0.05) is 10.7 Å². The van der Waals surface area contributed by atoms with Gasteiger partial charge in [0.25, 0.3) is 9.05 Å². The first kappa shape index (κ1) is 14.3. The number of ether oxygens (including phenoxy) is 1. The molecule has 17 heavy (non-hydrogen) atoms. The maximum atomic E-state index is 13.0. The highest BCUT2D eigenvalue weighted by Gasteiger charge is 2.34. The molecule has 0 unspecified atom stereocenters. The average Bonchev–Trinajstić information content (AvgIpc) is 2.06. The summed E-state index contributed by atoms with van der Waals surface area (Å²) < 4.78 is 73.6. The van der Waals surface area contributed by atoms with E-state index in [1.54, 1.807) is 0 Å². The Labute approximate surface area is 102 Å². The van der Waals surface area contributed by atoms with Crippen LogP contribution in [0.2, 0.25) is 5.02 Å². The Morgan fingerprint density at radius 3 is 2.29 bits per heavy atom. The Balaban J connectivity index is 3.40. The largest absolute Gasteiger partial charge is 0.573 e. The summed E-state index contributed by atoms with van der Waals surface area (Å²) in [6, 6.07) is 0. The third kappa shape index (κ3) is 3.58. The van der Waals surface area contributed by atoms with E-state index in [0.29, 0.717) is 0 Å². The predicted molar refractivity (Wildman–Crippen MR) is 48.9 cm³/mol. The van der Waals surface area contributed by atoms with Crippen LogP contribution in [0.4, 0.5) is 17.6 Å². The van der Waals surface area contributed by atoms with Crippen LogP contribution in [-0.4, -0.2) is 19.8 Å². The van der Waals surface area contributed by atoms with Crippen LogP contribution in [0, 0.1) is 5.95 Å². The molecule has 0 amide bonds. The first-order chi connectivity index (χ1) is 7.52. The fourth-order valence-corrected chi connectivity index (χ4v) is 2.42. The minimum atomic E-state index is -5.13. The van der Waals surface area contributed by atoms with Crippen molar-refractivity contribution in [3.63, 3.8) is 0 Å². The summed E-state index contributed by atoms with van der Waals surface area (Å²) in [6.07, 6.45) is -4.84. The molecule has 0 fully saturated rings. The summed E-state index contributed by atoms with van der Waals surface area (Å²) in [5, 5.41) is -1.13. The van der Waals surface area contributed by atoms with Crippen LogP contribution < -0.4 is 4.74 Å². The highest BCUT2D eigenvalue weighted by atomic mass is 35.7. The first-order valence-corrected chi connectivity index (χ1v) is 6.25. The molecule has 0 spiro atoms. The van der Waals surface area contributed by atoms with Crippen molar-refractivity contribution in [1.82, 2.24) is 4.98 Å². The van der Waals surface area contributed by atoms with E-state index >= 15 is 0 Å². The van der Waals surface area contributed by atoms with Gasteiger partial charge in [0.05, 0.1) is 6.20 Å². The van der Waals surface area contributed by atoms with Crippen molar-refractivity contribution in [2.75, 3.05) is 0 Å². The molecular weight excluding hydrogens is 313 g/mol. The number of pyridine rings is 1. The Hall–Kier alpha value is -0.800. The second kappa shape index (κ2) is 4.46. The van der Waals surface area contributed by atoms with Crippen LogP contribution in [-0.2, 0) is 9.05 Å². The smallest absolute Gasteiger partial charge is 0.402 e. The zero-order valence-corrected chi connectivity index (χ0v) is 9.75. The van der Waals surface area contributed by atoms with Crippen molar-refractivity contribution in [3.05, 3.63) is 17.2 Å². The van der Waals surface area contributed by atoms with Crippen LogP contribution in [0.25, 0.3) is 0 Å². The van der Waals surface area contributed by atoms with Gasteiger partial charge in [-0.25, -0.2) is 13.4 Å². The van der Waals surface area contributed by atoms with Crippen molar-refractivity contribution in [2.45, 2.75) is 11.3 Å². The summed E-state index contributed by atoms with van der Waals surface area (Å²) in [5.74, 6) is -2.79. The predicted octanol–water partition coefficient (Wildman–Crippen LogP) is 2.70. The van der Waals surface area contributed by atoms with E-state index in [1.807, 2.05) is 0 Å². The molecule has 0 radical (unpaired) electrons. The van der Waals surface area contributed by atoms with Crippen molar-refractivity contribution in [2.24, 2.45) is 0 Å². The zero-order chi connectivity index (χ0) is 13.4. The van der Waals surface area contributed by atoms with Crippen LogP contribution in [0.5, 0.6) is 5.75 Å². The van der Waals surface area contributed by atoms with E-state index in [2.05, 4.69) is 9.72 Å². The lowest BCUT2D eigenvalue weighted by molar-refractivity contribution is -0.274. The summed E-state index contributed by atoms with van der Waals surface area (Å²) >= 11 is 5.24. The molecule has 0 N–H and O–H groups in total. The molecule has 0 aliphatic rings. The van der Waals surface area contributed by atoms with Gasteiger partial charge in [0.1, 0.15) is 5.02 Å². The maximum absolute atomic E-state index is 13.0.